The van der Waals surface area contributed by atoms with Crippen molar-refractivity contribution in [3.05, 3.63) is 0 Å². The van der Waals surface area contributed by atoms with Gasteiger partial charge in [0.2, 0.25) is 0 Å². The Kier molecular flexibility index (Phi) is 5.29. The van der Waals surface area contributed by atoms with Gasteiger partial charge in [0, 0.05) is 11.8 Å². The summed E-state index contributed by atoms with van der Waals surface area (Å²) in [6.45, 7) is 1.32. The summed E-state index contributed by atoms with van der Waals surface area (Å²) in [5.74, 6) is -0.764. The van der Waals surface area contributed by atoms with E-state index in [1.54, 1.807) is 0 Å². The zero-order valence-corrected chi connectivity index (χ0v) is 9.36. The lowest BCUT2D eigenvalue weighted by Crippen LogP contribution is -2.39. The molecule has 0 radical (unpaired) electrons. The molecule has 80 valence electrons. The van der Waals surface area contributed by atoms with Crippen LogP contribution in [-0.4, -0.2) is 43.3 Å². The molecule has 4 nitrogen and oxygen atoms in total. The predicted octanol–water partition coefficient (Wildman–Crippen LogP) is 0.571. The van der Waals surface area contributed by atoms with E-state index in [4.69, 9.17) is 9.47 Å². The minimum atomic E-state index is -0.673. The highest BCUT2D eigenvalue weighted by Gasteiger charge is 2.29. The molecule has 0 saturated carbocycles. The molecule has 1 heterocycles. The normalized spacial score (nSPS) is 24.2. The fourth-order valence-electron chi connectivity index (χ4n) is 1.34. The Morgan fingerprint density at radius 1 is 1.57 bits per heavy atom. The van der Waals surface area contributed by atoms with Crippen molar-refractivity contribution >= 4 is 28.0 Å². The molecule has 1 aliphatic rings. The second-order valence-corrected chi connectivity index (χ2v) is 3.84. The Morgan fingerprint density at radius 2 is 2.36 bits per heavy atom. The van der Waals surface area contributed by atoms with Gasteiger partial charge in [-0.05, 0) is 0 Å². The van der Waals surface area contributed by atoms with Crippen LogP contribution in [0.5, 0.6) is 0 Å². The van der Waals surface area contributed by atoms with Gasteiger partial charge >= 0.3 is 0 Å². The molecule has 0 aromatic rings. The molecule has 0 aromatic carbocycles. The van der Waals surface area contributed by atoms with Crippen molar-refractivity contribution in [3.8, 4) is 0 Å². The van der Waals surface area contributed by atoms with Crippen molar-refractivity contribution < 1.29 is 19.1 Å². The van der Waals surface area contributed by atoms with Crippen LogP contribution in [0.3, 0.4) is 0 Å². The fourth-order valence-corrected chi connectivity index (χ4v) is 1.73. The van der Waals surface area contributed by atoms with E-state index in [2.05, 4.69) is 15.9 Å². The van der Waals surface area contributed by atoms with Gasteiger partial charge in [0.05, 0.1) is 25.9 Å². The van der Waals surface area contributed by atoms with Gasteiger partial charge in [0.15, 0.2) is 0 Å². The van der Waals surface area contributed by atoms with Crippen LogP contribution in [0, 0.1) is 5.92 Å². The molecule has 1 saturated heterocycles. The first-order chi connectivity index (χ1) is 6.79. The topological polar surface area (TPSA) is 52.6 Å². The minimum absolute atomic E-state index is 0.0904. The average Bonchev–Trinajstić information content (AvgIpc) is 2.21. The van der Waals surface area contributed by atoms with Crippen LogP contribution in [0.15, 0.2) is 0 Å². The standard InChI is InChI=1S/C9H13BrO4/c10-2-1-8(12)7(5-11)9-6-13-3-4-14-9/h5,7,9H,1-4,6H2. The third kappa shape index (κ3) is 3.15. The van der Waals surface area contributed by atoms with Crippen molar-refractivity contribution in [2.24, 2.45) is 5.92 Å². The van der Waals surface area contributed by atoms with Crippen LogP contribution >= 0.6 is 15.9 Å². The van der Waals surface area contributed by atoms with Crippen LogP contribution in [-0.2, 0) is 19.1 Å². The molecular formula is C9H13BrO4. The number of hydrogen-bond acceptors (Lipinski definition) is 4. The highest BCUT2D eigenvalue weighted by atomic mass is 79.9. The zero-order chi connectivity index (χ0) is 10.4. The summed E-state index contributed by atoms with van der Waals surface area (Å²) in [5, 5.41) is 0.573. The summed E-state index contributed by atoms with van der Waals surface area (Å²) in [5.41, 5.74) is 0. The maximum Gasteiger partial charge on any atom is 0.146 e. The van der Waals surface area contributed by atoms with Crippen LogP contribution < -0.4 is 0 Å². The van der Waals surface area contributed by atoms with Crippen molar-refractivity contribution in [1.82, 2.24) is 0 Å². The first-order valence-corrected chi connectivity index (χ1v) is 5.65. The van der Waals surface area contributed by atoms with Crippen molar-refractivity contribution in [2.45, 2.75) is 12.5 Å². The largest absolute Gasteiger partial charge is 0.376 e. The zero-order valence-electron chi connectivity index (χ0n) is 7.78. The summed E-state index contributed by atoms with van der Waals surface area (Å²) in [6, 6.07) is 0. The number of alkyl halides is 1. The van der Waals surface area contributed by atoms with Crippen LogP contribution in [0.25, 0.3) is 0 Å². The summed E-state index contributed by atoms with van der Waals surface area (Å²) in [7, 11) is 0. The minimum Gasteiger partial charge on any atom is -0.376 e. The molecule has 0 aliphatic carbocycles. The fraction of sp³-hybridized carbons (Fsp3) is 0.778. The highest BCUT2D eigenvalue weighted by molar-refractivity contribution is 9.09. The number of aldehydes is 1. The molecule has 2 unspecified atom stereocenters. The van der Waals surface area contributed by atoms with Gasteiger partial charge in [-0.15, -0.1) is 0 Å². The van der Waals surface area contributed by atoms with Gasteiger partial charge in [-0.2, -0.15) is 0 Å². The Balaban J connectivity index is 2.50. The molecule has 1 aliphatic heterocycles. The third-order valence-corrected chi connectivity index (χ3v) is 2.50. The van der Waals surface area contributed by atoms with E-state index in [0.717, 1.165) is 0 Å². The highest BCUT2D eigenvalue weighted by Crippen LogP contribution is 2.13. The number of carbonyl (C=O) groups is 2. The van der Waals surface area contributed by atoms with E-state index >= 15 is 0 Å². The Morgan fingerprint density at radius 3 is 2.86 bits per heavy atom. The lowest BCUT2D eigenvalue weighted by molar-refractivity contribution is -0.146. The molecule has 0 aromatic heterocycles. The lowest BCUT2D eigenvalue weighted by Gasteiger charge is -2.26. The number of hydrogen-bond donors (Lipinski definition) is 0. The molecule has 1 rings (SSSR count). The monoisotopic (exact) mass is 264 g/mol. The van der Waals surface area contributed by atoms with Crippen LogP contribution in [0.1, 0.15) is 6.42 Å². The van der Waals surface area contributed by atoms with Gasteiger partial charge in [0.1, 0.15) is 18.0 Å². The first-order valence-electron chi connectivity index (χ1n) is 4.53. The quantitative estimate of drug-likeness (QED) is 0.414. The Hall–Kier alpha value is -0.260. The predicted molar refractivity (Wildman–Crippen MR) is 53.5 cm³/mol. The summed E-state index contributed by atoms with van der Waals surface area (Å²) in [4.78, 5) is 22.2. The molecule has 0 spiro atoms. The second kappa shape index (κ2) is 6.27. The smallest absolute Gasteiger partial charge is 0.146 e. The number of halogens is 1. The van der Waals surface area contributed by atoms with E-state index in [9.17, 15) is 9.59 Å². The number of rotatable bonds is 5. The van der Waals surface area contributed by atoms with Gasteiger partial charge in [0.25, 0.3) is 0 Å². The van der Waals surface area contributed by atoms with Crippen molar-refractivity contribution in [3.63, 3.8) is 0 Å². The van der Waals surface area contributed by atoms with Crippen molar-refractivity contribution in [2.75, 3.05) is 25.2 Å². The Labute approximate surface area is 91.1 Å². The molecule has 1 fully saturated rings. The van der Waals surface area contributed by atoms with E-state index in [1.807, 2.05) is 0 Å². The van der Waals surface area contributed by atoms with Gasteiger partial charge in [-0.3, -0.25) is 4.79 Å². The van der Waals surface area contributed by atoms with Crippen LogP contribution in [0.4, 0.5) is 0 Å². The SMILES string of the molecule is O=CC(C(=O)CCBr)C1COCCO1. The lowest BCUT2D eigenvalue weighted by atomic mass is 9.97. The van der Waals surface area contributed by atoms with Gasteiger partial charge < -0.3 is 14.3 Å². The van der Waals surface area contributed by atoms with E-state index < -0.39 is 12.0 Å². The molecule has 5 heteroatoms. The summed E-state index contributed by atoms with van der Waals surface area (Å²) < 4.78 is 10.5. The second-order valence-electron chi connectivity index (χ2n) is 3.05. The molecule has 0 amide bonds. The first kappa shape index (κ1) is 11.8. The van der Waals surface area contributed by atoms with Crippen LogP contribution in [0.2, 0.25) is 0 Å². The van der Waals surface area contributed by atoms with Gasteiger partial charge in [-0.1, -0.05) is 15.9 Å². The average molecular weight is 265 g/mol. The molecular weight excluding hydrogens is 252 g/mol. The van der Waals surface area contributed by atoms with E-state index in [1.165, 1.54) is 0 Å². The Bertz CT molecular complexity index is 201. The number of carbonyl (C=O) groups excluding carboxylic acids is 2. The maximum atomic E-state index is 11.5. The third-order valence-electron chi connectivity index (χ3n) is 2.10. The summed E-state index contributed by atoms with van der Waals surface area (Å²) in [6.07, 6.45) is 0.612. The van der Waals surface area contributed by atoms with E-state index in [0.29, 0.717) is 37.9 Å². The number of ether oxygens (including phenoxy) is 2. The van der Waals surface area contributed by atoms with Crippen molar-refractivity contribution in [1.29, 1.82) is 0 Å². The number of ketones is 1. The molecule has 0 bridgehead atoms. The number of Topliss-reactive ketones (excluding diaryl/α,β-unsaturated/α-hetero) is 1. The summed E-state index contributed by atoms with van der Waals surface area (Å²) >= 11 is 3.16. The molecule has 14 heavy (non-hydrogen) atoms. The van der Waals surface area contributed by atoms with E-state index in [-0.39, 0.29) is 5.78 Å². The molecule has 0 N–H and O–H groups in total. The molecule has 2 atom stereocenters. The maximum absolute atomic E-state index is 11.5. The van der Waals surface area contributed by atoms with Gasteiger partial charge in [-0.25, -0.2) is 0 Å².